The van der Waals surface area contributed by atoms with Crippen LogP contribution < -0.4 is 9.47 Å². The van der Waals surface area contributed by atoms with Crippen molar-refractivity contribution in [2.24, 2.45) is 0 Å². The van der Waals surface area contributed by atoms with Crippen LogP contribution in [-0.2, 0) is 0 Å². The van der Waals surface area contributed by atoms with Crippen molar-refractivity contribution in [2.45, 2.75) is 118 Å². The lowest BCUT2D eigenvalue weighted by molar-refractivity contribution is 0.293. The minimum atomic E-state index is 0.826. The van der Waals surface area contributed by atoms with E-state index in [4.69, 9.17) is 9.47 Å². The average molecular weight is 391 g/mol. The quantitative estimate of drug-likeness (QED) is 0.234. The second-order valence-electron chi connectivity index (χ2n) is 8.32. The first-order valence-electron chi connectivity index (χ1n) is 12.1. The number of rotatable bonds is 18. The van der Waals surface area contributed by atoms with E-state index in [0.29, 0.717) is 0 Å². The van der Waals surface area contributed by atoms with E-state index in [9.17, 15) is 0 Å². The fraction of sp³-hybridized carbons (Fsp3) is 0.769. The maximum absolute atomic E-state index is 6.03. The first kappa shape index (κ1) is 24.9. The molecule has 1 aromatic carbocycles. The van der Waals surface area contributed by atoms with Crippen molar-refractivity contribution in [3.8, 4) is 11.5 Å². The molecule has 28 heavy (non-hydrogen) atoms. The predicted molar refractivity (Wildman–Crippen MR) is 123 cm³/mol. The molecule has 0 saturated heterocycles. The van der Waals surface area contributed by atoms with Crippen molar-refractivity contribution >= 4 is 0 Å². The zero-order chi connectivity index (χ0) is 20.5. The first-order valence-corrected chi connectivity index (χ1v) is 12.1. The van der Waals surface area contributed by atoms with E-state index in [-0.39, 0.29) is 0 Å². The van der Waals surface area contributed by atoms with Crippen LogP contribution in [0.15, 0.2) is 12.1 Å². The fourth-order valence-electron chi connectivity index (χ4n) is 3.56. The molecule has 0 radical (unpaired) electrons. The van der Waals surface area contributed by atoms with Crippen molar-refractivity contribution in [2.75, 3.05) is 13.2 Å². The second-order valence-corrected chi connectivity index (χ2v) is 8.32. The van der Waals surface area contributed by atoms with E-state index in [1.54, 1.807) is 0 Å². The van der Waals surface area contributed by atoms with Crippen molar-refractivity contribution in [3.63, 3.8) is 0 Å². The molecule has 0 aromatic heterocycles. The largest absolute Gasteiger partial charge is 0.493 e. The second kappa shape index (κ2) is 16.7. The molecule has 0 heterocycles. The van der Waals surface area contributed by atoms with Crippen molar-refractivity contribution in [1.29, 1.82) is 0 Å². The number of aryl methyl sites for hydroxylation is 2. The van der Waals surface area contributed by atoms with Gasteiger partial charge in [-0.15, -0.1) is 0 Å². The number of unbranched alkanes of at least 4 members (excludes halogenated alkanes) is 12. The summed E-state index contributed by atoms with van der Waals surface area (Å²) in [6.07, 6.45) is 18.5. The molecule has 2 nitrogen and oxygen atoms in total. The molecule has 0 aliphatic carbocycles. The van der Waals surface area contributed by atoms with Gasteiger partial charge in [0.05, 0.1) is 13.2 Å². The van der Waals surface area contributed by atoms with Crippen LogP contribution in [0, 0.1) is 13.8 Å². The van der Waals surface area contributed by atoms with Gasteiger partial charge in [0.15, 0.2) is 0 Å². The molecule has 0 bridgehead atoms. The average Bonchev–Trinajstić information content (AvgIpc) is 2.69. The van der Waals surface area contributed by atoms with E-state index >= 15 is 0 Å². The van der Waals surface area contributed by atoms with Crippen molar-refractivity contribution < 1.29 is 9.47 Å². The van der Waals surface area contributed by atoms with Gasteiger partial charge in [0.25, 0.3) is 0 Å². The molecule has 0 unspecified atom stereocenters. The van der Waals surface area contributed by atoms with Crippen LogP contribution in [0.1, 0.15) is 115 Å². The van der Waals surface area contributed by atoms with Gasteiger partial charge in [0.2, 0.25) is 0 Å². The zero-order valence-corrected chi connectivity index (χ0v) is 19.3. The Kier molecular flexibility index (Phi) is 14.9. The molecule has 1 rings (SSSR count). The van der Waals surface area contributed by atoms with Gasteiger partial charge < -0.3 is 9.47 Å². The van der Waals surface area contributed by atoms with E-state index in [1.165, 1.54) is 88.2 Å². The zero-order valence-electron chi connectivity index (χ0n) is 19.3. The molecule has 0 aliphatic rings. The third-order valence-corrected chi connectivity index (χ3v) is 5.48. The van der Waals surface area contributed by atoms with Crippen molar-refractivity contribution in [3.05, 3.63) is 23.3 Å². The summed E-state index contributed by atoms with van der Waals surface area (Å²) in [5.41, 5.74) is 2.37. The maximum Gasteiger partial charge on any atom is 0.122 e. The number of ether oxygens (including phenoxy) is 2. The summed E-state index contributed by atoms with van der Waals surface area (Å²) in [5, 5.41) is 0. The Bertz CT molecular complexity index is 450. The minimum absolute atomic E-state index is 0.826. The van der Waals surface area contributed by atoms with E-state index in [2.05, 4.69) is 39.8 Å². The van der Waals surface area contributed by atoms with Crippen LogP contribution >= 0.6 is 0 Å². The summed E-state index contributed by atoms with van der Waals surface area (Å²) in [6, 6.07) is 4.30. The molecule has 162 valence electrons. The Morgan fingerprint density at radius 3 is 1.18 bits per heavy atom. The lowest BCUT2D eigenvalue weighted by atomic mass is 10.1. The van der Waals surface area contributed by atoms with Crippen LogP contribution in [0.4, 0.5) is 0 Å². The van der Waals surface area contributed by atoms with Crippen LogP contribution in [0.2, 0.25) is 0 Å². The number of benzene rings is 1. The smallest absolute Gasteiger partial charge is 0.122 e. The Hall–Kier alpha value is -1.18. The Morgan fingerprint density at radius 1 is 0.500 bits per heavy atom. The lowest BCUT2D eigenvalue weighted by Gasteiger charge is -2.14. The highest BCUT2D eigenvalue weighted by Crippen LogP contribution is 2.28. The van der Waals surface area contributed by atoms with E-state index in [1.807, 2.05) is 0 Å². The number of hydrogen-bond donors (Lipinski definition) is 0. The van der Waals surface area contributed by atoms with Crippen LogP contribution in [0.25, 0.3) is 0 Å². The highest BCUT2D eigenvalue weighted by atomic mass is 16.5. The maximum atomic E-state index is 6.03. The molecule has 0 aliphatic heterocycles. The highest BCUT2D eigenvalue weighted by molar-refractivity contribution is 5.45. The summed E-state index contributed by atoms with van der Waals surface area (Å²) >= 11 is 0. The molecule has 0 saturated carbocycles. The molecule has 0 spiro atoms. The molecular weight excluding hydrogens is 344 g/mol. The lowest BCUT2D eigenvalue weighted by Crippen LogP contribution is -2.02. The molecule has 0 N–H and O–H groups in total. The Balaban J connectivity index is 2.20. The monoisotopic (exact) mass is 390 g/mol. The van der Waals surface area contributed by atoms with Gasteiger partial charge in [0, 0.05) is 0 Å². The summed E-state index contributed by atoms with van der Waals surface area (Å²) in [4.78, 5) is 0. The molecule has 0 fully saturated rings. The van der Waals surface area contributed by atoms with Gasteiger partial charge in [0.1, 0.15) is 11.5 Å². The third-order valence-electron chi connectivity index (χ3n) is 5.48. The molecule has 0 atom stereocenters. The molecule has 1 aromatic rings. The first-order chi connectivity index (χ1) is 13.7. The SMILES string of the molecule is CCCCCCCCCOc1cc(C)c(OCCCCCCCCC)cc1C. The molecular formula is C26H46O2. The predicted octanol–water partition coefficient (Wildman–Crippen LogP) is 8.56. The van der Waals surface area contributed by atoms with Gasteiger partial charge in [-0.3, -0.25) is 0 Å². The van der Waals surface area contributed by atoms with Crippen molar-refractivity contribution in [1.82, 2.24) is 0 Å². The van der Waals surface area contributed by atoms with Gasteiger partial charge in [-0.25, -0.2) is 0 Å². The summed E-state index contributed by atoms with van der Waals surface area (Å²) in [7, 11) is 0. The van der Waals surface area contributed by atoms with Crippen LogP contribution in [0.3, 0.4) is 0 Å². The molecule has 0 amide bonds. The summed E-state index contributed by atoms with van der Waals surface area (Å²) in [6.45, 7) is 10.4. The fourth-order valence-corrected chi connectivity index (χ4v) is 3.56. The van der Waals surface area contributed by atoms with Gasteiger partial charge in [-0.05, 0) is 49.9 Å². The van der Waals surface area contributed by atoms with Gasteiger partial charge in [-0.1, -0.05) is 90.9 Å². The Morgan fingerprint density at radius 2 is 0.821 bits per heavy atom. The van der Waals surface area contributed by atoms with E-state index < -0.39 is 0 Å². The van der Waals surface area contributed by atoms with Gasteiger partial charge >= 0.3 is 0 Å². The van der Waals surface area contributed by atoms with E-state index in [0.717, 1.165) is 37.6 Å². The summed E-state index contributed by atoms with van der Waals surface area (Å²) in [5.74, 6) is 2.04. The standard InChI is InChI=1S/C26H46O2/c1-5-7-9-11-13-15-17-19-27-25-21-24(4)26(22-23(25)3)28-20-18-16-14-12-10-8-6-2/h21-22H,5-20H2,1-4H3. The van der Waals surface area contributed by atoms with Crippen LogP contribution in [0.5, 0.6) is 11.5 Å². The number of hydrogen-bond acceptors (Lipinski definition) is 2. The highest BCUT2D eigenvalue weighted by Gasteiger charge is 2.07. The van der Waals surface area contributed by atoms with Crippen LogP contribution in [-0.4, -0.2) is 13.2 Å². The topological polar surface area (TPSA) is 18.5 Å². The minimum Gasteiger partial charge on any atom is -0.493 e. The summed E-state index contributed by atoms with van der Waals surface area (Å²) < 4.78 is 12.1. The third kappa shape index (κ3) is 11.6. The molecule has 2 heteroatoms. The Labute approximate surface area is 175 Å². The van der Waals surface area contributed by atoms with Gasteiger partial charge in [-0.2, -0.15) is 0 Å². The normalized spacial score (nSPS) is 11.0.